The summed E-state index contributed by atoms with van der Waals surface area (Å²) < 4.78 is 0. The molecule has 0 aliphatic rings. The smallest absolute Gasteiger partial charge is 0.412 e. The van der Waals surface area contributed by atoms with Crippen molar-refractivity contribution in [2.24, 2.45) is 0 Å². The van der Waals surface area contributed by atoms with E-state index in [4.69, 9.17) is 15.3 Å². The van der Waals surface area contributed by atoms with Crippen LogP contribution in [0, 0.1) is 15.3 Å². The molecule has 6 heteroatoms. The summed E-state index contributed by atoms with van der Waals surface area (Å²) in [6, 6.07) is 0. The van der Waals surface area contributed by atoms with E-state index in [-0.39, 0.29) is 31.3 Å². The fraction of sp³-hybridized carbons (Fsp3) is 0. The normalized spacial score (nSPS) is 4.00. The minimum Gasteiger partial charge on any atom is -0.412 e. The first-order valence-corrected chi connectivity index (χ1v) is 0.548. The van der Waals surface area contributed by atoms with Gasteiger partial charge in [-0.25, -0.2) is 0 Å². The second-order valence-corrected chi connectivity index (χ2v) is 0.224. The van der Waals surface area contributed by atoms with E-state index in [1.807, 2.05) is 0 Å². The van der Waals surface area contributed by atoms with Gasteiger partial charge in [0.2, 0.25) is 0 Å². The van der Waals surface area contributed by atoms with Gasteiger partial charge in [0, 0.05) is 0 Å². The Kier molecular flexibility index (Phi) is 24.6. The van der Waals surface area contributed by atoms with Crippen LogP contribution >= 0.6 is 0 Å². The van der Waals surface area contributed by atoms with E-state index in [1.165, 1.54) is 0 Å². The third-order valence-corrected chi connectivity index (χ3v) is 0. The molecule has 0 saturated heterocycles. The van der Waals surface area contributed by atoms with E-state index in [1.54, 1.807) is 0 Å². The summed E-state index contributed by atoms with van der Waals surface area (Å²) >= 11 is 0. The van der Waals surface area contributed by atoms with E-state index in [2.05, 4.69) is 0 Å². The summed E-state index contributed by atoms with van der Waals surface area (Å²) in [5, 5.41) is 14.8. The van der Waals surface area contributed by atoms with Crippen LogP contribution in [0.4, 0.5) is 0 Å². The van der Waals surface area contributed by atoms with Crippen LogP contribution in [0.2, 0.25) is 0 Å². The van der Waals surface area contributed by atoms with Gasteiger partial charge in [0.15, 0.2) is 0 Å². The molecule has 0 spiro atoms. The zero-order valence-corrected chi connectivity index (χ0v) is 4.55. The first-order chi connectivity index (χ1) is 1.73. The molecule has 0 fully saturated rings. The van der Waals surface area contributed by atoms with Crippen LogP contribution in [0.15, 0.2) is 0 Å². The van der Waals surface area contributed by atoms with Gasteiger partial charge >= 0.3 is 25.8 Å². The van der Waals surface area contributed by atoms with Crippen molar-refractivity contribution in [3.05, 3.63) is 15.3 Å². The number of rotatable bonds is 0. The second-order valence-electron chi connectivity index (χ2n) is 0.224. The minimum absolute atomic E-state index is 0. The standard InChI is InChI=1S/NO3.H2O.Sc/c2-1(3)4;;/h;1H2;/q-1;;+3. The maximum absolute atomic E-state index is 8.25. The van der Waals surface area contributed by atoms with Crippen molar-refractivity contribution in [1.82, 2.24) is 0 Å². The molecule has 6 heavy (non-hydrogen) atoms. The van der Waals surface area contributed by atoms with Crippen LogP contribution in [-0.2, 0) is 25.8 Å². The Balaban J connectivity index is -0.0000000450. The van der Waals surface area contributed by atoms with Crippen LogP contribution < -0.4 is 0 Å². The van der Waals surface area contributed by atoms with Crippen molar-refractivity contribution in [3.8, 4) is 0 Å². The van der Waals surface area contributed by atoms with E-state index in [0.29, 0.717) is 0 Å². The summed E-state index contributed by atoms with van der Waals surface area (Å²) in [5.41, 5.74) is 0. The van der Waals surface area contributed by atoms with Crippen molar-refractivity contribution in [2.75, 3.05) is 0 Å². The third-order valence-electron chi connectivity index (χ3n) is 0. The molecular formula is H2NO4Sc+2. The van der Waals surface area contributed by atoms with E-state index < -0.39 is 5.09 Å². The Bertz CT molecular complexity index is 30.5. The Morgan fingerprint density at radius 1 is 1.33 bits per heavy atom. The summed E-state index contributed by atoms with van der Waals surface area (Å²) in [5.74, 6) is 0. The van der Waals surface area contributed by atoms with Gasteiger partial charge in [0.25, 0.3) is 0 Å². The Labute approximate surface area is 52.2 Å². The molecule has 0 atom stereocenters. The van der Waals surface area contributed by atoms with Crippen LogP contribution in [0.3, 0.4) is 0 Å². The van der Waals surface area contributed by atoms with Gasteiger partial charge in [-0.05, 0) is 0 Å². The molecule has 0 rings (SSSR count). The Morgan fingerprint density at radius 2 is 1.33 bits per heavy atom. The van der Waals surface area contributed by atoms with E-state index >= 15 is 0 Å². The minimum atomic E-state index is -1.75. The molecule has 32 valence electrons. The van der Waals surface area contributed by atoms with Crippen molar-refractivity contribution >= 4 is 0 Å². The van der Waals surface area contributed by atoms with Crippen molar-refractivity contribution in [3.63, 3.8) is 0 Å². The Hall–Kier alpha value is 0.0301. The van der Waals surface area contributed by atoms with Crippen LogP contribution in [-0.4, -0.2) is 10.6 Å². The Morgan fingerprint density at radius 3 is 1.33 bits per heavy atom. The quantitative estimate of drug-likeness (QED) is 0.304. The SMILES string of the molecule is O.O=[N+]([O-])[O-].[Sc+3]. The van der Waals surface area contributed by atoms with Crippen molar-refractivity contribution in [1.29, 1.82) is 0 Å². The molecule has 0 saturated carbocycles. The van der Waals surface area contributed by atoms with Crippen molar-refractivity contribution < 1.29 is 36.4 Å². The zero-order chi connectivity index (χ0) is 3.58. The van der Waals surface area contributed by atoms with Gasteiger partial charge in [0.05, 0.1) is 5.09 Å². The fourth-order valence-corrected chi connectivity index (χ4v) is 0. The first kappa shape index (κ1) is 16.6. The van der Waals surface area contributed by atoms with Gasteiger partial charge in [-0.3, -0.25) is 0 Å². The average molecular weight is 125 g/mol. The maximum Gasteiger partial charge on any atom is 3.00 e. The molecule has 0 radical (unpaired) electrons. The predicted molar refractivity (Wildman–Crippen MR) is 14.0 cm³/mol. The number of hydrogen-bond acceptors (Lipinski definition) is 3. The summed E-state index contributed by atoms with van der Waals surface area (Å²) in [6.07, 6.45) is 0. The average Bonchev–Trinajstić information content (AvgIpc) is 0.811. The van der Waals surface area contributed by atoms with Gasteiger partial charge in [0.1, 0.15) is 0 Å². The van der Waals surface area contributed by atoms with Gasteiger partial charge in [-0.15, -0.1) is 0 Å². The second kappa shape index (κ2) is 8.90. The van der Waals surface area contributed by atoms with Crippen molar-refractivity contribution in [2.45, 2.75) is 0 Å². The molecule has 0 aromatic heterocycles. The van der Waals surface area contributed by atoms with Crippen LogP contribution in [0.1, 0.15) is 0 Å². The maximum atomic E-state index is 8.25. The molecule has 0 aromatic carbocycles. The van der Waals surface area contributed by atoms with Gasteiger partial charge < -0.3 is 20.8 Å². The topological polar surface area (TPSA) is 97.7 Å². The molecule has 0 aliphatic carbocycles. The monoisotopic (exact) mass is 125 g/mol. The largest absolute Gasteiger partial charge is 3.00 e. The number of nitrogens with zero attached hydrogens (tertiary/aromatic N) is 1. The molecule has 5 nitrogen and oxygen atoms in total. The summed E-state index contributed by atoms with van der Waals surface area (Å²) in [6.45, 7) is 0. The first-order valence-electron chi connectivity index (χ1n) is 0.548. The van der Waals surface area contributed by atoms with E-state index in [9.17, 15) is 0 Å². The fourth-order valence-electron chi connectivity index (χ4n) is 0. The molecule has 0 aliphatic heterocycles. The summed E-state index contributed by atoms with van der Waals surface area (Å²) in [4.78, 5) is 8.25. The van der Waals surface area contributed by atoms with Gasteiger partial charge in [-0.2, -0.15) is 0 Å². The molecule has 2 N–H and O–H groups in total. The van der Waals surface area contributed by atoms with E-state index in [0.717, 1.165) is 0 Å². The summed E-state index contributed by atoms with van der Waals surface area (Å²) in [7, 11) is 0. The molecule has 0 heterocycles. The molecule has 0 amide bonds. The molecule has 0 unspecified atom stereocenters. The van der Waals surface area contributed by atoms with Crippen LogP contribution in [0.25, 0.3) is 0 Å². The molecule has 0 aromatic rings. The number of hydrogen-bond donors (Lipinski definition) is 0. The zero-order valence-electron chi connectivity index (χ0n) is 2.75. The van der Waals surface area contributed by atoms with Crippen LogP contribution in [0.5, 0.6) is 0 Å². The predicted octanol–water partition coefficient (Wildman–Crippen LogP) is -1.07. The molecular weight excluding hydrogens is 123 g/mol. The van der Waals surface area contributed by atoms with Gasteiger partial charge in [-0.1, -0.05) is 0 Å². The third kappa shape index (κ3) is 40800. The molecule has 0 bridgehead atoms.